The number of carbonyl (C=O) groups is 1. The second-order valence-electron chi connectivity index (χ2n) is 4.73. The fourth-order valence-corrected chi connectivity index (χ4v) is 2.23. The lowest BCUT2D eigenvalue weighted by Gasteiger charge is -2.31. The van der Waals surface area contributed by atoms with Crippen molar-refractivity contribution < 1.29 is 18.0 Å². The van der Waals surface area contributed by atoms with Gasteiger partial charge in [0.2, 0.25) is 5.91 Å². The Balaban J connectivity index is 1.78. The van der Waals surface area contributed by atoms with E-state index in [1.807, 2.05) is 0 Å². The van der Waals surface area contributed by atoms with Crippen molar-refractivity contribution in [2.24, 2.45) is 5.92 Å². The predicted octanol–water partition coefficient (Wildman–Crippen LogP) is 1.83. The number of alkyl halides is 3. The van der Waals surface area contributed by atoms with E-state index in [1.54, 1.807) is 29.2 Å². The molecule has 0 spiro atoms. The molecule has 0 aliphatic carbocycles. The molecule has 1 aliphatic heterocycles. The molecule has 2 heterocycles. The first kappa shape index (κ1) is 13.9. The van der Waals surface area contributed by atoms with E-state index in [1.165, 1.54) is 4.90 Å². The van der Waals surface area contributed by atoms with E-state index < -0.39 is 12.7 Å². The van der Waals surface area contributed by atoms with E-state index in [-0.39, 0.29) is 11.8 Å². The zero-order valence-corrected chi connectivity index (χ0v) is 10.4. The number of hydrogen-bond acceptors (Lipinski definition) is 2. The Labute approximate surface area is 109 Å². The third-order valence-corrected chi connectivity index (χ3v) is 3.20. The van der Waals surface area contributed by atoms with Crippen LogP contribution in [0.3, 0.4) is 0 Å². The lowest BCUT2D eigenvalue weighted by molar-refractivity contribution is -0.149. The van der Waals surface area contributed by atoms with Gasteiger partial charge in [-0.2, -0.15) is 13.2 Å². The smallest absolute Gasteiger partial charge is 0.295 e. The van der Waals surface area contributed by atoms with Crippen molar-refractivity contribution in [2.75, 3.05) is 25.1 Å². The Kier molecular flexibility index (Phi) is 4.14. The zero-order valence-electron chi connectivity index (χ0n) is 10.4. The number of halogens is 3. The van der Waals surface area contributed by atoms with Gasteiger partial charge in [-0.15, -0.1) is 0 Å². The van der Waals surface area contributed by atoms with Crippen LogP contribution in [0.5, 0.6) is 0 Å². The van der Waals surface area contributed by atoms with Gasteiger partial charge in [-0.25, -0.2) is 0 Å². The van der Waals surface area contributed by atoms with E-state index in [0.717, 1.165) is 0 Å². The van der Waals surface area contributed by atoms with E-state index in [2.05, 4.69) is 5.43 Å². The maximum Gasteiger partial charge on any atom is 0.401 e. The molecule has 0 radical (unpaired) electrons. The Morgan fingerprint density at radius 1 is 1.21 bits per heavy atom. The Bertz CT molecular complexity index is 408. The summed E-state index contributed by atoms with van der Waals surface area (Å²) in [6, 6.07) is 3.57. The highest BCUT2D eigenvalue weighted by molar-refractivity contribution is 5.86. The Hall–Kier alpha value is -1.50. The molecule has 1 aromatic heterocycles. The fraction of sp³-hybridized carbons (Fsp3) is 0.583. The number of carbonyl (C=O) groups excluding carboxylic acids is 1. The summed E-state index contributed by atoms with van der Waals surface area (Å²) >= 11 is 0. The highest BCUT2D eigenvalue weighted by Gasteiger charge is 2.33. The predicted molar refractivity (Wildman–Crippen MR) is 64.0 cm³/mol. The average Bonchev–Trinajstić information content (AvgIpc) is 2.80. The largest absolute Gasteiger partial charge is 0.401 e. The summed E-state index contributed by atoms with van der Waals surface area (Å²) in [5.41, 5.74) is 2.69. The van der Waals surface area contributed by atoms with Crippen molar-refractivity contribution in [1.82, 2.24) is 9.58 Å². The molecular formula is C12H16F3N3O. The molecule has 4 nitrogen and oxygen atoms in total. The third kappa shape index (κ3) is 4.27. The average molecular weight is 275 g/mol. The van der Waals surface area contributed by atoms with E-state index in [0.29, 0.717) is 25.9 Å². The first-order valence-corrected chi connectivity index (χ1v) is 6.17. The maximum absolute atomic E-state index is 12.2. The minimum atomic E-state index is -4.17. The highest BCUT2D eigenvalue weighted by Crippen LogP contribution is 2.22. The van der Waals surface area contributed by atoms with Crippen LogP contribution in [0.4, 0.5) is 13.2 Å². The van der Waals surface area contributed by atoms with Crippen LogP contribution in [-0.2, 0) is 4.79 Å². The number of rotatable bonds is 3. The molecule has 1 N–H and O–H groups in total. The van der Waals surface area contributed by atoms with Crippen LogP contribution in [-0.4, -0.2) is 41.3 Å². The van der Waals surface area contributed by atoms with E-state index in [4.69, 9.17) is 0 Å². The van der Waals surface area contributed by atoms with Gasteiger partial charge in [0.25, 0.3) is 0 Å². The molecule has 0 unspecified atom stereocenters. The van der Waals surface area contributed by atoms with Crippen LogP contribution in [0.25, 0.3) is 0 Å². The van der Waals surface area contributed by atoms with Crippen LogP contribution in [0.2, 0.25) is 0 Å². The van der Waals surface area contributed by atoms with Crippen LogP contribution < -0.4 is 5.43 Å². The molecule has 2 rings (SSSR count). The maximum atomic E-state index is 12.2. The minimum Gasteiger partial charge on any atom is -0.295 e. The molecule has 106 valence electrons. The van der Waals surface area contributed by atoms with Crippen molar-refractivity contribution in [2.45, 2.75) is 19.0 Å². The zero-order chi connectivity index (χ0) is 13.9. The second kappa shape index (κ2) is 5.64. The lowest BCUT2D eigenvalue weighted by atomic mass is 9.96. The first-order chi connectivity index (χ1) is 8.94. The summed E-state index contributed by atoms with van der Waals surface area (Å²) in [7, 11) is 0. The summed E-state index contributed by atoms with van der Waals surface area (Å²) in [6.45, 7) is -0.272. The van der Waals surface area contributed by atoms with Gasteiger partial charge in [-0.3, -0.25) is 19.8 Å². The summed E-state index contributed by atoms with van der Waals surface area (Å²) in [4.78, 5) is 13.2. The molecule has 1 aliphatic rings. The molecule has 1 amide bonds. The molecule has 7 heteroatoms. The molecule has 0 aromatic carbocycles. The Morgan fingerprint density at radius 2 is 1.79 bits per heavy atom. The summed E-state index contributed by atoms with van der Waals surface area (Å²) in [5.74, 6) is -0.352. The van der Waals surface area contributed by atoms with Crippen LogP contribution in [0, 0.1) is 5.92 Å². The topological polar surface area (TPSA) is 37.3 Å². The molecule has 0 bridgehead atoms. The summed E-state index contributed by atoms with van der Waals surface area (Å²) in [5, 5.41) is 0. The molecule has 0 saturated carbocycles. The lowest BCUT2D eigenvalue weighted by Crippen LogP contribution is -2.43. The second-order valence-corrected chi connectivity index (χ2v) is 4.73. The van der Waals surface area contributed by atoms with Crippen molar-refractivity contribution in [3.05, 3.63) is 24.5 Å². The van der Waals surface area contributed by atoms with E-state index >= 15 is 0 Å². The number of nitrogens with zero attached hydrogens (tertiary/aromatic N) is 2. The SMILES string of the molecule is O=C(Nn1cccc1)C1CCN(CC(F)(F)F)CC1. The quantitative estimate of drug-likeness (QED) is 0.914. The fourth-order valence-electron chi connectivity index (χ4n) is 2.23. The molecule has 19 heavy (non-hydrogen) atoms. The van der Waals surface area contributed by atoms with Crippen molar-refractivity contribution >= 4 is 5.91 Å². The van der Waals surface area contributed by atoms with Crippen molar-refractivity contribution in [3.8, 4) is 0 Å². The number of likely N-dealkylation sites (tertiary alicyclic amines) is 1. The molecule has 0 atom stereocenters. The van der Waals surface area contributed by atoms with E-state index in [9.17, 15) is 18.0 Å². The van der Waals surface area contributed by atoms with Gasteiger partial charge in [0.15, 0.2) is 0 Å². The monoisotopic (exact) mass is 275 g/mol. The van der Waals surface area contributed by atoms with Gasteiger partial charge in [0.1, 0.15) is 0 Å². The molecule has 1 saturated heterocycles. The standard InChI is InChI=1S/C12H16F3N3O/c13-12(14,15)9-17-7-3-10(4-8-17)11(19)16-18-5-1-2-6-18/h1-2,5-6,10H,3-4,7-9H2,(H,16,19). The van der Waals surface area contributed by atoms with Crippen molar-refractivity contribution in [1.29, 1.82) is 0 Å². The summed E-state index contributed by atoms with van der Waals surface area (Å²) in [6.07, 6.45) is 0.167. The van der Waals surface area contributed by atoms with Gasteiger partial charge in [0, 0.05) is 18.3 Å². The van der Waals surface area contributed by atoms with Gasteiger partial charge in [-0.05, 0) is 38.1 Å². The normalized spacial score (nSPS) is 18.5. The third-order valence-electron chi connectivity index (χ3n) is 3.20. The first-order valence-electron chi connectivity index (χ1n) is 6.17. The number of amides is 1. The van der Waals surface area contributed by atoms with Gasteiger partial charge in [-0.1, -0.05) is 0 Å². The number of piperidine rings is 1. The van der Waals surface area contributed by atoms with Crippen LogP contribution in [0.15, 0.2) is 24.5 Å². The number of aromatic nitrogens is 1. The Morgan fingerprint density at radius 3 is 2.32 bits per heavy atom. The van der Waals surface area contributed by atoms with Gasteiger partial charge in [0.05, 0.1) is 6.54 Å². The highest BCUT2D eigenvalue weighted by atomic mass is 19.4. The van der Waals surface area contributed by atoms with Crippen LogP contribution in [0.1, 0.15) is 12.8 Å². The minimum absolute atomic E-state index is 0.136. The van der Waals surface area contributed by atoms with Crippen molar-refractivity contribution in [3.63, 3.8) is 0 Å². The van der Waals surface area contributed by atoms with Gasteiger partial charge < -0.3 is 0 Å². The summed E-state index contributed by atoms with van der Waals surface area (Å²) < 4.78 is 38.2. The van der Waals surface area contributed by atoms with Crippen LogP contribution >= 0.6 is 0 Å². The molecule has 1 fully saturated rings. The number of hydrogen-bond donors (Lipinski definition) is 1. The molecular weight excluding hydrogens is 259 g/mol. The number of nitrogens with one attached hydrogen (secondary N) is 1. The molecule has 1 aromatic rings. The van der Waals surface area contributed by atoms with Gasteiger partial charge >= 0.3 is 6.18 Å².